The maximum atomic E-state index is 12.2. The summed E-state index contributed by atoms with van der Waals surface area (Å²) in [6, 6.07) is 5.19. The number of nitrogens with zero attached hydrogens (tertiary/aromatic N) is 3. The van der Waals surface area contributed by atoms with E-state index in [9.17, 15) is 9.59 Å². The Hall–Kier alpha value is -2.96. The van der Waals surface area contributed by atoms with Crippen molar-refractivity contribution in [2.75, 3.05) is 0 Å². The molecule has 0 aliphatic carbocycles. The van der Waals surface area contributed by atoms with Crippen molar-refractivity contribution in [3.05, 3.63) is 64.7 Å². The molecule has 0 aliphatic rings. The maximum Gasteiger partial charge on any atom is 0.270 e. The highest BCUT2D eigenvalue weighted by atomic mass is 16.2. The molecule has 0 aliphatic heterocycles. The molecule has 0 fully saturated rings. The molecule has 7 heteroatoms. The van der Waals surface area contributed by atoms with E-state index in [-0.39, 0.29) is 12.1 Å². The van der Waals surface area contributed by atoms with Crippen LogP contribution in [0.2, 0.25) is 0 Å². The van der Waals surface area contributed by atoms with Crippen LogP contribution < -0.4 is 10.9 Å². The molecule has 100 valence electrons. The lowest BCUT2D eigenvalue weighted by molar-refractivity contribution is 0.0948. The summed E-state index contributed by atoms with van der Waals surface area (Å²) in [6.07, 6.45) is 6.12. The van der Waals surface area contributed by atoms with Crippen molar-refractivity contribution in [2.45, 2.75) is 6.54 Å². The minimum absolute atomic E-state index is 0.000237. The zero-order valence-corrected chi connectivity index (χ0v) is 10.4. The van der Waals surface area contributed by atoms with Gasteiger partial charge in [0.2, 0.25) is 0 Å². The topological polar surface area (TPSA) is 92.2 Å². The highest BCUT2D eigenvalue weighted by Gasteiger charge is 2.12. The summed E-state index contributed by atoms with van der Waals surface area (Å²) in [4.78, 5) is 35.1. The lowest BCUT2D eigenvalue weighted by Gasteiger charge is -2.04. The van der Waals surface area contributed by atoms with Crippen LogP contribution >= 0.6 is 0 Å². The molecular formula is C13H11N5O2. The first kappa shape index (κ1) is 12.1. The molecular weight excluding hydrogens is 258 g/mol. The van der Waals surface area contributed by atoms with E-state index in [4.69, 9.17) is 0 Å². The molecule has 20 heavy (non-hydrogen) atoms. The maximum absolute atomic E-state index is 12.2. The largest absolute Gasteiger partial charge is 0.347 e. The minimum Gasteiger partial charge on any atom is -0.347 e. The standard InChI is InChI=1S/C13H11N5O2/c19-12(17-8-10-14-4-5-15-10)9-7-16-11-3-1-2-6-18(11)13(9)20/h1-7H,8H2,(H,14,15)(H,17,19). The molecule has 2 N–H and O–H groups in total. The number of hydrogen-bond donors (Lipinski definition) is 2. The van der Waals surface area contributed by atoms with Crippen molar-refractivity contribution in [1.82, 2.24) is 24.7 Å². The van der Waals surface area contributed by atoms with Gasteiger partial charge in [-0.05, 0) is 12.1 Å². The van der Waals surface area contributed by atoms with Crippen LogP contribution in [0, 0.1) is 0 Å². The second kappa shape index (κ2) is 4.96. The molecule has 0 radical (unpaired) electrons. The van der Waals surface area contributed by atoms with Crippen molar-refractivity contribution in [3.8, 4) is 0 Å². The molecule has 3 aromatic rings. The number of carbonyl (C=O) groups excluding carboxylic acids is 1. The van der Waals surface area contributed by atoms with Gasteiger partial charge in [0.25, 0.3) is 11.5 Å². The Labute approximate surface area is 113 Å². The van der Waals surface area contributed by atoms with E-state index in [2.05, 4.69) is 20.3 Å². The van der Waals surface area contributed by atoms with Gasteiger partial charge in [-0.15, -0.1) is 0 Å². The first-order chi connectivity index (χ1) is 9.75. The van der Waals surface area contributed by atoms with Crippen LogP contribution in [0.1, 0.15) is 16.2 Å². The van der Waals surface area contributed by atoms with Gasteiger partial charge >= 0.3 is 0 Å². The fourth-order valence-corrected chi connectivity index (χ4v) is 1.84. The van der Waals surface area contributed by atoms with E-state index < -0.39 is 11.5 Å². The summed E-state index contributed by atoms with van der Waals surface area (Å²) in [5.74, 6) is 0.143. The highest BCUT2D eigenvalue weighted by molar-refractivity contribution is 5.93. The van der Waals surface area contributed by atoms with Crippen molar-refractivity contribution >= 4 is 11.6 Å². The molecule has 0 saturated heterocycles. The number of nitrogens with one attached hydrogen (secondary N) is 2. The number of carbonyl (C=O) groups is 1. The number of aromatic amines is 1. The van der Waals surface area contributed by atoms with Crippen molar-refractivity contribution in [2.24, 2.45) is 0 Å². The average molecular weight is 269 g/mol. The van der Waals surface area contributed by atoms with Crippen LogP contribution in [-0.4, -0.2) is 25.3 Å². The quantitative estimate of drug-likeness (QED) is 0.717. The lowest BCUT2D eigenvalue weighted by Crippen LogP contribution is -2.31. The number of fused-ring (bicyclic) bond motifs is 1. The number of pyridine rings is 1. The smallest absolute Gasteiger partial charge is 0.270 e. The molecule has 0 unspecified atom stereocenters. The van der Waals surface area contributed by atoms with Gasteiger partial charge in [0.1, 0.15) is 17.0 Å². The van der Waals surface area contributed by atoms with E-state index in [0.29, 0.717) is 11.5 Å². The van der Waals surface area contributed by atoms with Crippen LogP contribution in [0.5, 0.6) is 0 Å². The molecule has 0 atom stereocenters. The van der Waals surface area contributed by atoms with E-state index in [1.54, 1.807) is 36.8 Å². The Morgan fingerprint density at radius 3 is 3.05 bits per heavy atom. The van der Waals surface area contributed by atoms with Crippen molar-refractivity contribution in [3.63, 3.8) is 0 Å². The first-order valence-corrected chi connectivity index (χ1v) is 5.98. The van der Waals surface area contributed by atoms with E-state index in [1.807, 2.05) is 0 Å². The van der Waals surface area contributed by atoms with Crippen molar-refractivity contribution < 1.29 is 4.79 Å². The molecule has 1 amide bonds. The molecule has 0 saturated carbocycles. The Morgan fingerprint density at radius 1 is 1.35 bits per heavy atom. The van der Waals surface area contributed by atoms with Crippen molar-refractivity contribution in [1.29, 1.82) is 0 Å². The van der Waals surface area contributed by atoms with E-state index in [1.165, 1.54) is 10.6 Å². The van der Waals surface area contributed by atoms with Gasteiger partial charge in [-0.2, -0.15) is 0 Å². The predicted molar refractivity (Wildman–Crippen MR) is 71.2 cm³/mol. The number of imidazole rings is 1. The fraction of sp³-hybridized carbons (Fsp3) is 0.0769. The van der Waals surface area contributed by atoms with Gasteiger partial charge < -0.3 is 10.3 Å². The summed E-state index contributed by atoms with van der Waals surface area (Å²) in [5.41, 5.74) is 0.105. The summed E-state index contributed by atoms with van der Waals surface area (Å²) in [6.45, 7) is 0.225. The third-order valence-electron chi connectivity index (χ3n) is 2.83. The van der Waals surface area contributed by atoms with Crippen LogP contribution in [0.25, 0.3) is 5.65 Å². The van der Waals surface area contributed by atoms with Crippen LogP contribution in [0.3, 0.4) is 0 Å². The van der Waals surface area contributed by atoms with Gasteiger partial charge in [0.15, 0.2) is 0 Å². The van der Waals surface area contributed by atoms with Gasteiger partial charge in [-0.1, -0.05) is 6.07 Å². The normalized spacial score (nSPS) is 10.6. The van der Waals surface area contributed by atoms with Gasteiger partial charge in [0.05, 0.1) is 6.54 Å². The molecule has 3 heterocycles. The molecule has 0 spiro atoms. The third-order valence-corrected chi connectivity index (χ3v) is 2.83. The summed E-state index contributed by atoms with van der Waals surface area (Å²) in [5, 5.41) is 2.62. The molecule has 3 rings (SSSR count). The van der Waals surface area contributed by atoms with Gasteiger partial charge in [-0.25, -0.2) is 9.97 Å². The number of rotatable bonds is 3. The van der Waals surface area contributed by atoms with Crippen LogP contribution in [0.15, 0.2) is 47.8 Å². The lowest BCUT2D eigenvalue weighted by atomic mass is 10.3. The average Bonchev–Trinajstić information content (AvgIpc) is 2.99. The molecule has 0 bridgehead atoms. The third kappa shape index (κ3) is 2.16. The SMILES string of the molecule is O=C(NCc1ncc[nH]1)c1cnc2ccccn2c1=O. The van der Waals surface area contributed by atoms with E-state index in [0.717, 1.165) is 0 Å². The minimum atomic E-state index is -0.475. The van der Waals surface area contributed by atoms with Crippen LogP contribution in [-0.2, 0) is 6.54 Å². The second-order valence-electron chi connectivity index (χ2n) is 4.12. The Bertz CT molecular complexity index is 807. The number of H-pyrrole nitrogens is 1. The first-order valence-electron chi connectivity index (χ1n) is 5.98. The number of hydrogen-bond acceptors (Lipinski definition) is 4. The number of amides is 1. The summed E-state index contributed by atoms with van der Waals surface area (Å²) in [7, 11) is 0. The second-order valence-corrected chi connectivity index (χ2v) is 4.12. The molecule has 0 aromatic carbocycles. The van der Waals surface area contributed by atoms with E-state index >= 15 is 0 Å². The monoisotopic (exact) mass is 269 g/mol. The highest BCUT2D eigenvalue weighted by Crippen LogP contribution is 1.98. The molecule has 7 nitrogen and oxygen atoms in total. The van der Waals surface area contributed by atoms with Crippen LogP contribution in [0.4, 0.5) is 0 Å². The zero-order chi connectivity index (χ0) is 13.9. The van der Waals surface area contributed by atoms with Gasteiger partial charge in [0, 0.05) is 24.8 Å². The number of aromatic nitrogens is 4. The summed E-state index contributed by atoms with van der Waals surface area (Å²) < 4.78 is 1.34. The Morgan fingerprint density at radius 2 is 2.25 bits per heavy atom. The van der Waals surface area contributed by atoms with Gasteiger partial charge in [-0.3, -0.25) is 14.0 Å². The molecule has 3 aromatic heterocycles. The Kier molecular flexibility index (Phi) is 3.00. The zero-order valence-electron chi connectivity index (χ0n) is 10.4. The Balaban J connectivity index is 1.88. The summed E-state index contributed by atoms with van der Waals surface area (Å²) >= 11 is 0. The predicted octanol–water partition coefficient (Wildman–Crippen LogP) is 0.348. The fourth-order valence-electron chi connectivity index (χ4n) is 1.84.